The van der Waals surface area contributed by atoms with Gasteiger partial charge < -0.3 is 4.74 Å². The zero-order valence-corrected chi connectivity index (χ0v) is 18.0. The molecule has 8 heteroatoms. The zero-order chi connectivity index (χ0) is 21.7. The van der Waals surface area contributed by atoms with Gasteiger partial charge in [-0.25, -0.2) is 8.42 Å². The zero-order valence-electron chi connectivity index (χ0n) is 17.2. The van der Waals surface area contributed by atoms with Gasteiger partial charge in [0.1, 0.15) is 4.90 Å². The van der Waals surface area contributed by atoms with E-state index >= 15 is 0 Å². The fraction of sp³-hybridized carbons (Fsp3) is 0.409. The maximum absolute atomic E-state index is 12.7. The Kier molecular flexibility index (Phi) is 6.99. The molecule has 7 nitrogen and oxygen atoms in total. The third kappa shape index (κ3) is 4.94. The molecule has 1 aliphatic heterocycles. The Hall–Kier alpha value is -2.58. The van der Waals surface area contributed by atoms with E-state index < -0.39 is 28.0 Å². The summed E-state index contributed by atoms with van der Waals surface area (Å²) in [5, 5.41) is 0. The van der Waals surface area contributed by atoms with Crippen molar-refractivity contribution in [2.75, 3.05) is 13.1 Å². The van der Waals surface area contributed by atoms with Crippen molar-refractivity contribution in [1.29, 1.82) is 0 Å². The first-order valence-corrected chi connectivity index (χ1v) is 11.5. The summed E-state index contributed by atoms with van der Waals surface area (Å²) in [6, 6.07) is 10.3. The van der Waals surface area contributed by atoms with E-state index in [0.717, 1.165) is 12.0 Å². The van der Waals surface area contributed by atoms with Crippen LogP contribution in [0.2, 0.25) is 0 Å². The fourth-order valence-electron chi connectivity index (χ4n) is 3.44. The summed E-state index contributed by atoms with van der Waals surface area (Å²) in [7, 11) is -3.62. The molecule has 1 saturated heterocycles. The predicted molar refractivity (Wildman–Crippen MR) is 111 cm³/mol. The molecule has 2 aromatic rings. The standard InChI is InChI=1S/C22H26N2O5S/c1-3-17-6-8-18(9-7-17)21(25)16(2)29-22(26)19-10-13-24(14-11-19)30(27,28)20-5-4-12-23-15-20/h4-9,12,15-16,19H,3,10-11,13-14H2,1-2H3. The number of carbonyl (C=O) groups excluding carboxylic acids is 2. The van der Waals surface area contributed by atoms with Crippen LogP contribution >= 0.6 is 0 Å². The van der Waals surface area contributed by atoms with E-state index in [1.165, 1.54) is 22.8 Å². The number of sulfonamides is 1. The lowest BCUT2D eigenvalue weighted by Gasteiger charge is -2.30. The van der Waals surface area contributed by atoms with Crippen LogP contribution in [0.15, 0.2) is 53.7 Å². The van der Waals surface area contributed by atoms with E-state index in [4.69, 9.17) is 4.74 Å². The average Bonchev–Trinajstić information content (AvgIpc) is 2.79. The van der Waals surface area contributed by atoms with Gasteiger partial charge >= 0.3 is 5.97 Å². The Morgan fingerprint density at radius 1 is 1.17 bits per heavy atom. The Morgan fingerprint density at radius 2 is 1.83 bits per heavy atom. The monoisotopic (exact) mass is 430 g/mol. The molecule has 3 rings (SSSR count). The summed E-state index contributed by atoms with van der Waals surface area (Å²) in [4.78, 5) is 29.1. The molecule has 1 unspecified atom stereocenters. The molecule has 0 radical (unpaired) electrons. The van der Waals surface area contributed by atoms with Gasteiger partial charge in [0.25, 0.3) is 0 Å². The van der Waals surface area contributed by atoms with Crippen molar-refractivity contribution >= 4 is 21.8 Å². The SMILES string of the molecule is CCc1ccc(C(=O)C(C)OC(=O)C2CCN(S(=O)(=O)c3cccnc3)CC2)cc1. The quantitative estimate of drug-likeness (QED) is 0.495. The van der Waals surface area contributed by atoms with Gasteiger partial charge in [-0.1, -0.05) is 31.2 Å². The molecule has 0 spiro atoms. The van der Waals surface area contributed by atoms with E-state index in [9.17, 15) is 18.0 Å². The van der Waals surface area contributed by atoms with Crippen molar-refractivity contribution in [2.24, 2.45) is 5.92 Å². The largest absolute Gasteiger partial charge is 0.454 e. The second kappa shape index (κ2) is 9.49. The lowest BCUT2D eigenvalue weighted by molar-refractivity contribution is -0.152. The number of nitrogens with zero attached hydrogens (tertiary/aromatic N) is 2. The molecule has 2 heterocycles. The summed E-state index contributed by atoms with van der Waals surface area (Å²) in [6.07, 6.45) is 3.53. The normalized spacial score (nSPS) is 16.7. The number of ether oxygens (including phenoxy) is 1. The number of rotatable bonds is 7. The first kappa shape index (κ1) is 22.1. The van der Waals surface area contributed by atoms with Gasteiger partial charge in [-0.15, -0.1) is 0 Å². The molecule has 1 aromatic heterocycles. The fourth-order valence-corrected chi connectivity index (χ4v) is 4.88. The average molecular weight is 431 g/mol. The number of pyridine rings is 1. The van der Waals surface area contributed by atoms with Crippen molar-refractivity contribution in [1.82, 2.24) is 9.29 Å². The Morgan fingerprint density at radius 3 is 2.40 bits per heavy atom. The van der Waals surface area contributed by atoms with Gasteiger partial charge in [-0.05, 0) is 43.9 Å². The number of ketones is 1. The smallest absolute Gasteiger partial charge is 0.309 e. The number of hydrogen-bond acceptors (Lipinski definition) is 6. The van der Waals surface area contributed by atoms with Crippen molar-refractivity contribution in [2.45, 2.75) is 44.1 Å². The highest BCUT2D eigenvalue weighted by molar-refractivity contribution is 7.89. The van der Waals surface area contributed by atoms with Crippen molar-refractivity contribution < 1.29 is 22.7 Å². The summed E-state index contributed by atoms with van der Waals surface area (Å²) in [6.45, 7) is 4.04. The van der Waals surface area contributed by atoms with Crippen LogP contribution in [0.25, 0.3) is 0 Å². The van der Waals surface area contributed by atoms with E-state index in [0.29, 0.717) is 18.4 Å². The van der Waals surface area contributed by atoms with Gasteiger partial charge in [0, 0.05) is 31.0 Å². The maximum atomic E-state index is 12.7. The van der Waals surface area contributed by atoms with Gasteiger partial charge in [0.2, 0.25) is 15.8 Å². The topological polar surface area (TPSA) is 93.6 Å². The lowest BCUT2D eigenvalue weighted by atomic mass is 9.98. The third-order valence-corrected chi connectivity index (χ3v) is 7.25. The first-order valence-electron chi connectivity index (χ1n) is 10.1. The molecule has 1 aliphatic rings. The van der Waals surface area contributed by atoms with E-state index in [2.05, 4.69) is 4.98 Å². The highest BCUT2D eigenvalue weighted by Gasteiger charge is 2.34. The molecule has 1 fully saturated rings. The molecule has 160 valence electrons. The van der Waals surface area contributed by atoms with Gasteiger partial charge in [-0.3, -0.25) is 14.6 Å². The molecule has 1 atom stereocenters. The van der Waals surface area contributed by atoms with Gasteiger partial charge in [0.05, 0.1) is 5.92 Å². The number of piperidine rings is 1. The van der Waals surface area contributed by atoms with E-state index in [1.54, 1.807) is 25.1 Å². The number of aryl methyl sites for hydroxylation is 1. The van der Waals surface area contributed by atoms with Gasteiger partial charge in [-0.2, -0.15) is 4.31 Å². The minimum atomic E-state index is -3.62. The highest BCUT2D eigenvalue weighted by Crippen LogP contribution is 2.25. The Balaban J connectivity index is 1.55. The van der Waals surface area contributed by atoms with Crippen molar-refractivity contribution in [3.8, 4) is 0 Å². The van der Waals surface area contributed by atoms with Crippen LogP contribution in [0, 0.1) is 5.92 Å². The molecule has 0 aliphatic carbocycles. The molecule has 30 heavy (non-hydrogen) atoms. The number of carbonyl (C=O) groups is 2. The van der Waals surface area contributed by atoms with Crippen LogP contribution in [0.3, 0.4) is 0 Å². The van der Waals surface area contributed by atoms with Crippen LogP contribution in [0.5, 0.6) is 0 Å². The molecule has 0 saturated carbocycles. The molecule has 0 N–H and O–H groups in total. The number of benzene rings is 1. The van der Waals surface area contributed by atoms with E-state index in [1.807, 2.05) is 19.1 Å². The highest BCUT2D eigenvalue weighted by atomic mass is 32.2. The van der Waals surface area contributed by atoms with Gasteiger partial charge in [0.15, 0.2) is 6.10 Å². The summed E-state index contributed by atoms with van der Waals surface area (Å²) in [5.41, 5.74) is 1.63. The number of Topliss-reactive ketones (excluding diaryl/α,β-unsaturated/α-hetero) is 1. The van der Waals surface area contributed by atoms with Crippen LogP contribution in [-0.4, -0.2) is 48.7 Å². The minimum absolute atomic E-state index is 0.138. The van der Waals surface area contributed by atoms with Crippen LogP contribution in [-0.2, 0) is 26.0 Å². The number of hydrogen-bond donors (Lipinski definition) is 0. The van der Waals surface area contributed by atoms with Crippen molar-refractivity contribution in [3.05, 3.63) is 59.9 Å². The number of aromatic nitrogens is 1. The molecule has 0 amide bonds. The molecular weight excluding hydrogens is 404 g/mol. The summed E-state index contributed by atoms with van der Waals surface area (Å²) >= 11 is 0. The second-order valence-electron chi connectivity index (χ2n) is 7.36. The maximum Gasteiger partial charge on any atom is 0.309 e. The summed E-state index contributed by atoms with van der Waals surface area (Å²) in [5.74, 6) is -1.13. The predicted octanol–water partition coefficient (Wildman–Crippen LogP) is 2.86. The van der Waals surface area contributed by atoms with Crippen LogP contribution in [0.1, 0.15) is 42.6 Å². The van der Waals surface area contributed by atoms with Crippen LogP contribution in [0.4, 0.5) is 0 Å². The lowest BCUT2D eigenvalue weighted by Crippen LogP contribution is -2.41. The molecular formula is C22H26N2O5S. The Labute approximate surface area is 177 Å². The minimum Gasteiger partial charge on any atom is -0.454 e. The third-order valence-electron chi connectivity index (χ3n) is 5.37. The van der Waals surface area contributed by atoms with E-state index in [-0.39, 0.29) is 23.8 Å². The van der Waals surface area contributed by atoms with Crippen LogP contribution < -0.4 is 0 Å². The molecule has 0 bridgehead atoms. The second-order valence-corrected chi connectivity index (χ2v) is 9.30. The van der Waals surface area contributed by atoms with Crippen molar-refractivity contribution in [3.63, 3.8) is 0 Å². The Bertz CT molecular complexity index is 982. The summed E-state index contributed by atoms with van der Waals surface area (Å²) < 4.78 is 32.1. The number of esters is 1. The molecule has 1 aromatic carbocycles. The first-order chi connectivity index (χ1) is 14.3.